The van der Waals surface area contributed by atoms with Crippen LogP contribution in [-0.4, -0.2) is 45.9 Å². The molecule has 0 aliphatic carbocycles. The number of aliphatic hydroxyl groups is 1. The first kappa shape index (κ1) is 19.2. The highest BCUT2D eigenvalue weighted by molar-refractivity contribution is 8.01. The van der Waals surface area contributed by atoms with Crippen molar-refractivity contribution in [3.63, 3.8) is 0 Å². The number of sulfone groups is 1. The number of aliphatic hydroxyl groups excluding tert-OH is 1. The number of benzene rings is 2. The Hall–Kier alpha value is -2.16. The monoisotopic (exact) mass is 416 g/mol. The fourth-order valence-electron chi connectivity index (χ4n) is 3.33. The van der Waals surface area contributed by atoms with Gasteiger partial charge in [-0.3, -0.25) is 9.36 Å². The minimum Gasteiger partial charge on any atom is -0.391 e. The van der Waals surface area contributed by atoms with Crippen molar-refractivity contribution in [2.75, 3.05) is 11.5 Å². The molecule has 1 aliphatic heterocycles. The van der Waals surface area contributed by atoms with Crippen molar-refractivity contribution in [2.24, 2.45) is 0 Å². The lowest BCUT2D eigenvalue weighted by molar-refractivity contribution is 0.207. The molecule has 0 spiro atoms. The van der Waals surface area contributed by atoms with Gasteiger partial charge in [-0.15, -0.1) is 0 Å². The quantitative estimate of drug-likeness (QED) is 0.659. The van der Waals surface area contributed by atoms with Gasteiger partial charge in [0.2, 0.25) is 0 Å². The molecule has 4 rings (SSSR count). The van der Waals surface area contributed by atoms with Crippen molar-refractivity contribution < 1.29 is 13.5 Å². The van der Waals surface area contributed by atoms with Crippen molar-refractivity contribution in [2.45, 2.75) is 30.4 Å². The van der Waals surface area contributed by atoms with Crippen LogP contribution in [0.15, 0.2) is 52.4 Å². The van der Waals surface area contributed by atoms with E-state index in [-0.39, 0.29) is 17.1 Å². The maximum Gasteiger partial charge on any atom is 0.266 e. The normalized spacial score (nSPS) is 21.2. The lowest BCUT2D eigenvalue weighted by Crippen LogP contribution is -2.25. The van der Waals surface area contributed by atoms with Gasteiger partial charge in [-0.05, 0) is 49.2 Å². The summed E-state index contributed by atoms with van der Waals surface area (Å²) < 4.78 is 25.3. The Morgan fingerprint density at radius 2 is 1.86 bits per heavy atom. The molecule has 2 heterocycles. The Morgan fingerprint density at radius 1 is 1.11 bits per heavy atom. The Balaban J connectivity index is 1.91. The summed E-state index contributed by atoms with van der Waals surface area (Å²) in [6, 6.07) is 12.8. The lowest BCUT2D eigenvalue weighted by Gasteiger charge is -2.17. The average molecular weight is 417 g/mol. The summed E-state index contributed by atoms with van der Waals surface area (Å²) in [5.41, 5.74) is 3.15. The van der Waals surface area contributed by atoms with Gasteiger partial charge < -0.3 is 5.11 Å². The molecule has 146 valence electrons. The first-order valence-corrected chi connectivity index (χ1v) is 11.6. The van der Waals surface area contributed by atoms with Crippen LogP contribution in [0, 0.1) is 13.8 Å². The summed E-state index contributed by atoms with van der Waals surface area (Å²) in [4.78, 5) is 17.9. The summed E-state index contributed by atoms with van der Waals surface area (Å²) in [5, 5.41) is 10.5. The minimum absolute atomic E-state index is 0.130. The predicted molar refractivity (Wildman–Crippen MR) is 111 cm³/mol. The third-order valence-corrected chi connectivity index (χ3v) is 8.22. The number of para-hydroxylation sites is 1. The van der Waals surface area contributed by atoms with Gasteiger partial charge in [0.15, 0.2) is 15.0 Å². The van der Waals surface area contributed by atoms with Gasteiger partial charge in [-0.25, -0.2) is 13.4 Å². The van der Waals surface area contributed by atoms with Crippen LogP contribution in [-0.2, 0) is 9.84 Å². The number of rotatable bonds is 3. The van der Waals surface area contributed by atoms with Gasteiger partial charge in [0.25, 0.3) is 5.56 Å². The molecule has 8 heteroatoms. The molecule has 0 amide bonds. The average Bonchev–Trinajstić information content (AvgIpc) is 2.89. The smallest absolute Gasteiger partial charge is 0.266 e. The van der Waals surface area contributed by atoms with Crippen molar-refractivity contribution in [3.05, 3.63) is 63.9 Å². The molecule has 1 N–H and O–H groups in total. The number of aryl methyl sites for hydroxylation is 2. The van der Waals surface area contributed by atoms with E-state index < -0.39 is 21.2 Å². The molecular formula is C20H20N2O4S2. The molecule has 0 unspecified atom stereocenters. The lowest BCUT2D eigenvalue weighted by atomic mass is 10.1. The molecule has 1 fully saturated rings. The molecule has 2 aromatic carbocycles. The second kappa shape index (κ2) is 7.02. The Kier molecular flexibility index (Phi) is 4.81. The highest BCUT2D eigenvalue weighted by atomic mass is 32.2. The number of fused-ring (bicyclic) bond motifs is 1. The summed E-state index contributed by atoms with van der Waals surface area (Å²) in [6.45, 7) is 3.97. The van der Waals surface area contributed by atoms with Crippen LogP contribution in [0.4, 0.5) is 0 Å². The van der Waals surface area contributed by atoms with E-state index in [1.165, 1.54) is 4.57 Å². The molecule has 2 atom stereocenters. The van der Waals surface area contributed by atoms with Crippen molar-refractivity contribution in [3.8, 4) is 5.69 Å². The van der Waals surface area contributed by atoms with Crippen LogP contribution in [0.3, 0.4) is 0 Å². The summed E-state index contributed by atoms with van der Waals surface area (Å²) in [7, 11) is -3.29. The van der Waals surface area contributed by atoms with Gasteiger partial charge in [0.1, 0.15) is 0 Å². The van der Waals surface area contributed by atoms with Crippen LogP contribution in [0.25, 0.3) is 16.6 Å². The molecule has 6 nitrogen and oxygen atoms in total. The van der Waals surface area contributed by atoms with Crippen LogP contribution < -0.4 is 5.56 Å². The number of hydrogen-bond donors (Lipinski definition) is 1. The molecule has 1 aromatic heterocycles. The largest absolute Gasteiger partial charge is 0.391 e. The number of nitrogens with zero attached hydrogens (tertiary/aromatic N) is 2. The third kappa shape index (κ3) is 3.47. The molecule has 28 heavy (non-hydrogen) atoms. The second-order valence-corrected chi connectivity index (χ2v) is 10.5. The number of thioether (sulfide) groups is 1. The predicted octanol–water partition coefficient (Wildman–Crippen LogP) is 2.25. The van der Waals surface area contributed by atoms with E-state index in [1.807, 2.05) is 32.0 Å². The first-order valence-electron chi connectivity index (χ1n) is 8.90. The van der Waals surface area contributed by atoms with Crippen LogP contribution in [0.1, 0.15) is 11.1 Å². The molecule has 0 bridgehead atoms. The zero-order valence-electron chi connectivity index (χ0n) is 15.5. The number of aromatic nitrogens is 2. The zero-order valence-corrected chi connectivity index (χ0v) is 17.1. The number of hydrogen-bond acceptors (Lipinski definition) is 6. The van der Waals surface area contributed by atoms with E-state index in [2.05, 4.69) is 4.98 Å². The molecule has 1 aliphatic rings. The topological polar surface area (TPSA) is 89.3 Å². The third-order valence-electron chi connectivity index (χ3n) is 5.02. The van der Waals surface area contributed by atoms with Gasteiger partial charge >= 0.3 is 0 Å². The molecule has 3 aromatic rings. The van der Waals surface area contributed by atoms with E-state index in [4.69, 9.17) is 0 Å². The molecular weight excluding hydrogens is 396 g/mol. The minimum atomic E-state index is -3.29. The Labute approximate surface area is 167 Å². The molecule has 1 saturated heterocycles. The zero-order chi connectivity index (χ0) is 20.1. The fraction of sp³-hybridized carbons (Fsp3) is 0.300. The van der Waals surface area contributed by atoms with E-state index in [0.717, 1.165) is 22.9 Å². The van der Waals surface area contributed by atoms with Gasteiger partial charge in [-0.2, -0.15) is 0 Å². The van der Waals surface area contributed by atoms with Gasteiger partial charge in [0, 0.05) is 0 Å². The maximum absolute atomic E-state index is 13.3. The van der Waals surface area contributed by atoms with E-state index in [9.17, 15) is 18.3 Å². The van der Waals surface area contributed by atoms with Crippen LogP contribution in [0.5, 0.6) is 0 Å². The van der Waals surface area contributed by atoms with E-state index >= 15 is 0 Å². The van der Waals surface area contributed by atoms with Crippen molar-refractivity contribution >= 4 is 32.5 Å². The highest BCUT2D eigenvalue weighted by Crippen LogP contribution is 2.32. The summed E-state index contributed by atoms with van der Waals surface area (Å²) in [6.07, 6.45) is -0.980. The van der Waals surface area contributed by atoms with Crippen molar-refractivity contribution in [1.29, 1.82) is 0 Å². The standard InChI is InChI=1S/C20H20N2O4S2/c1-12-7-8-14(9-13(12)2)22-19(24)15-5-3-4-6-16(15)21-20(22)27-18-11-28(25,26)10-17(18)23/h3-9,17-18,23H,10-11H2,1-2H3/t17-,18-/m1/s1. The van der Waals surface area contributed by atoms with Gasteiger partial charge in [-0.1, -0.05) is 30.0 Å². The van der Waals surface area contributed by atoms with Crippen LogP contribution in [0.2, 0.25) is 0 Å². The first-order chi connectivity index (χ1) is 13.2. The maximum atomic E-state index is 13.3. The summed E-state index contributed by atoms with van der Waals surface area (Å²) >= 11 is 1.14. The van der Waals surface area contributed by atoms with Gasteiger partial charge in [0.05, 0.1) is 39.4 Å². The highest BCUT2D eigenvalue weighted by Gasteiger charge is 2.38. The molecule has 0 radical (unpaired) electrons. The summed E-state index contributed by atoms with van der Waals surface area (Å²) in [5.74, 6) is -0.388. The molecule has 0 saturated carbocycles. The fourth-order valence-corrected chi connectivity index (χ4v) is 6.92. The van der Waals surface area contributed by atoms with Crippen LogP contribution >= 0.6 is 11.8 Å². The second-order valence-electron chi connectivity index (χ2n) is 7.12. The Morgan fingerprint density at radius 3 is 2.54 bits per heavy atom. The van der Waals surface area contributed by atoms with Crippen molar-refractivity contribution in [1.82, 2.24) is 9.55 Å². The Bertz CT molecular complexity index is 1230. The van der Waals surface area contributed by atoms with E-state index in [0.29, 0.717) is 21.7 Å². The SMILES string of the molecule is Cc1ccc(-n2c(S[C@@H]3CS(=O)(=O)C[C@H]3O)nc3ccccc3c2=O)cc1C. The van der Waals surface area contributed by atoms with E-state index in [1.54, 1.807) is 24.3 Å².